The zero-order valence-electron chi connectivity index (χ0n) is 11.5. The fourth-order valence-electron chi connectivity index (χ4n) is 1.91. The molecule has 0 unspecified atom stereocenters. The Labute approximate surface area is 130 Å². The minimum atomic E-state index is 0. The highest BCUT2D eigenvalue weighted by Gasteiger charge is 2.27. The van der Waals surface area contributed by atoms with Crippen molar-refractivity contribution in [2.45, 2.75) is 6.42 Å². The van der Waals surface area contributed by atoms with E-state index in [-0.39, 0.29) is 24.2 Å². The van der Waals surface area contributed by atoms with Crippen LogP contribution in [0.2, 0.25) is 5.02 Å². The van der Waals surface area contributed by atoms with Gasteiger partial charge < -0.3 is 15.0 Å². The van der Waals surface area contributed by atoms with Crippen molar-refractivity contribution in [2.24, 2.45) is 5.92 Å². The number of hydrogen-bond acceptors (Lipinski definition) is 3. The lowest BCUT2D eigenvalue weighted by Gasteiger charge is -2.30. The maximum absolute atomic E-state index is 11.9. The number of rotatable bonds is 6. The fourth-order valence-corrected chi connectivity index (χ4v) is 2.03. The van der Waals surface area contributed by atoms with Crippen LogP contribution in [0.5, 0.6) is 5.75 Å². The van der Waals surface area contributed by atoms with Crippen LogP contribution in [-0.2, 0) is 4.79 Å². The summed E-state index contributed by atoms with van der Waals surface area (Å²) in [4.78, 5) is 13.6. The monoisotopic (exact) mass is 318 g/mol. The van der Waals surface area contributed by atoms with Gasteiger partial charge in [0.05, 0.1) is 12.5 Å². The van der Waals surface area contributed by atoms with Gasteiger partial charge in [-0.2, -0.15) is 0 Å². The van der Waals surface area contributed by atoms with E-state index in [0.717, 1.165) is 31.8 Å². The van der Waals surface area contributed by atoms with Crippen LogP contribution in [-0.4, -0.2) is 44.1 Å². The van der Waals surface area contributed by atoms with Gasteiger partial charge >= 0.3 is 0 Å². The molecule has 0 radical (unpaired) electrons. The maximum Gasteiger partial charge on any atom is 0.227 e. The molecule has 0 saturated carbocycles. The van der Waals surface area contributed by atoms with Crippen molar-refractivity contribution in [1.29, 1.82) is 0 Å². The molecule has 1 aliphatic heterocycles. The fraction of sp³-hybridized carbons (Fsp3) is 0.500. The number of nitrogens with zero attached hydrogens (tertiary/aromatic N) is 1. The molecule has 0 aromatic heterocycles. The van der Waals surface area contributed by atoms with Crippen LogP contribution in [0.3, 0.4) is 0 Å². The Morgan fingerprint density at radius 2 is 2.05 bits per heavy atom. The molecule has 1 aromatic rings. The number of halogens is 2. The van der Waals surface area contributed by atoms with E-state index in [4.69, 9.17) is 16.3 Å². The summed E-state index contributed by atoms with van der Waals surface area (Å²) in [5.74, 6) is 1.20. The third kappa shape index (κ3) is 4.85. The van der Waals surface area contributed by atoms with Gasteiger partial charge in [0.1, 0.15) is 5.75 Å². The summed E-state index contributed by atoms with van der Waals surface area (Å²) in [7, 11) is 1.85. The van der Waals surface area contributed by atoms with Crippen molar-refractivity contribution < 1.29 is 9.53 Å². The quantitative estimate of drug-likeness (QED) is 0.818. The van der Waals surface area contributed by atoms with Crippen molar-refractivity contribution in [2.75, 3.05) is 33.3 Å². The van der Waals surface area contributed by atoms with Crippen LogP contribution < -0.4 is 10.1 Å². The number of carbonyl (C=O) groups is 1. The van der Waals surface area contributed by atoms with E-state index in [2.05, 4.69) is 5.32 Å². The standard InChI is InChI=1S/C14H19ClN2O2.ClH/c1-17(14(18)11-9-16-10-11)7-2-8-19-13-5-3-12(15)4-6-13;/h3-6,11,16H,2,7-10H2,1H3;1H. The summed E-state index contributed by atoms with van der Waals surface area (Å²) >= 11 is 5.79. The van der Waals surface area contributed by atoms with Crippen molar-refractivity contribution in [1.82, 2.24) is 10.2 Å². The molecule has 1 aliphatic rings. The molecule has 0 spiro atoms. The number of carbonyl (C=O) groups excluding carboxylic acids is 1. The first-order chi connectivity index (χ1) is 9.16. The molecule has 1 amide bonds. The van der Waals surface area contributed by atoms with Crippen LogP contribution in [0.25, 0.3) is 0 Å². The zero-order valence-corrected chi connectivity index (χ0v) is 13.0. The largest absolute Gasteiger partial charge is 0.494 e. The molecular formula is C14H20Cl2N2O2. The lowest BCUT2D eigenvalue weighted by Crippen LogP contribution is -2.51. The summed E-state index contributed by atoms with van der Waals surface area (Å²) in [6.07, 6.45) is 0.824. The van der Waals surface area contributed by atoms with Crippen LogP contribution in [0, 0.1) is 5.92 Å². The van der Waals surface area contributed by atoms with Crippen LogP contribution in [0.1, 0.15) is 6.42 Å². The van der Waals surface area contributed by atoms with Gasteiger partial charge in [-0.1, -0.05) is 11.6 Å². The molecule has 1 saturated heterocycles. The minimum absolute atomic E-state index is 0. The number of nitrogens with one attached hydrogen (secondary N) is 1. The van der Waals surface area contributed by atoms with Gasteiger partial charge in [-0.15, -0.1) is 12.4 Å². The Kier molecular flexibility index (Phi) is 7.13. The van der Waals surface area contributed by atoms with Crippen molar-refractivity contribution in [3.05, 3.63) is 29.3 Å². The average Bonchev–Trinajstić information content (AvgIpc) is 2.34. The van der Waals surface area contributed by atoms with Crippen LogP contribution in [0.4, 0.5) is 0 Å². The predicted octanol–water partition coefficient (Wildman–Crippen LogP) is 2.21. The highest BCUT2D eigenvalue weighted by Crippen LogP contribution is 2.15. The Morgan fingerprint density at radius 3 is 2.60 bits per heavy atom. The lowest BCUT2D eigenvalue weighted by atomic mass is 10.0. The van der Waals surface area contributed by atoms with Crippen molar-refractivity contribution in [3.8, 4) is 5.75 Å². The summed E-state index contributed by atoms with van der Waals surface area (Å²) < 4.78 is 5.58. The van der Waals surface area contributed by atoms with Crippen LogP contribution >= 0.6 is 24.0 Å². The molecule has 1 aromatic carbocycles. The molecule has 0 aliphatic carbocycles. The van der Waals surface area contributed by atoms with Crippen molar-refractivity contribution in [3.63, 3.8) is 0 Å². The Hall–Kier alpha value is -0.970. The first-order valence-corrected chi connectivity index (χ1v) is 6.88. The second-order valence-corrected chi connectivity index (χ2v) is 5.21. The van der Waals surface area contributed by atoms with E-state index < -0.39 is 0 Å². The molecule has 1 N–H and O–H groups in total. The highest BCUT2D eigenvalue weighted by atomic mass is 35.5. The van der Waals surface area contributed by atoms with Gasteiger partial charge in [-0.25, -0.2) is 0 Å². The third-order valence-corrected chi connectivity index (χ3v) is 3.48. The van der Waals surface area contributed by atoms with E-state index >= 15 is 0 Å². The topological polar surface area (TPSA) is 41.6 Å². The molecule has 4 nitrogen and oxygen atoms in total. The third-order valence-electron chi connectivity index (χ3n) is 3.23. The smallest absolute Gasteiger partial charge is 0.227 e. The number of ether oxygens (including phenoxy) is 1. The van der Waals surface area contributed by atoms with E-state index in [1.807, 2.05) is 19.2 Å². The second-order valence-electron chi connectivity index (χ2n) is 4.77. The van der Waals surface area contributed by atoms with Gasteiger partial charge in [-0.3, -0.25) is 4.79 Å². The van der Waals surface area contributed by atoms with Gasteiger partial charge in [0, 0.05) is 31.7 Å². The molecule has 0 atom stereocenters. The van der Waals surface area contributed by atoms with Crippen LogP contribution in [0.15, 0.2) is 24.3 Å². The number of benzene rings is 1. The predicted molar refractivity (Wildman–Crippen MR) is 82.8 cm³/mol. The SMILES string of the molecule is CN(CCCOc1ccc(Cl)cc1)C(=O)C1CNC1.Cl. The number of amides is 1. The van der Waals surface area contributed by atoms with E-state index in [1.165, 1.54) is 0 Å². The first kappa shape index (κ1) is 17.1. The van der Waals surface area contributed by atoms with Gasteiger partial charge in [-0.05, 0) is 30.7 Å². The van der Waals surface area contributed by atoms with Crippen molar-refractivity contribution >= 4 is 29.9 Å². The summed E-state index contributed by atoms with van der Waals surface area (Å²) in [6, 6.07) is 7.29. The summed E-state index contributed by atoms with van der Waals surface area (Å²) in [5, 5.41) is 3.81. The Balaban J connectivity index is 0.00000200. The Morgan fingerprint density at radius 1 is 1.40 bits per heavy atom. The Bertz CT molecular complexity index is 422. The van der Waals surface area contributed by atoms with E-state index in [1.54, 1.807) is 17.0 Å². The molecule has 1 fully saturated rings. The highest BCUT2D eigenvalue weighted by molar-refractivity contribution is 6.30. The van der Waals surface area contributed by atoms with Gasteiger partial charge in [0.15, 0.2) is 0 Å². The van der Waals surface area contributed by atoms with Gasteiger partial charge in [0.25, 0.3) is 0 Å². The zero-order chi connectivity index (χ0) is 13.7. The minimum Gasteiger partial charge on any atom is -0.494 e. The van der Waals surface area contributed by atoms with Gasteiger partial charge in [0.2, 0.25) is 5.91 Å². The average molecular weight is 319 g/mol. The summed E-state index contributed by atoms with van der Waals surface area (Å²) in [6.45, 7) is 2.94. The molecule has 6 heteroatoms. The maximum atomic E-state index is 11.9. The van der Waals surface area contributed by atoms with E-state index in [9.17, 15) is 4.79 Å². The molecule has 1 heterocycles. The lowest BCUT2D eigenvalue weighted by molar-refractivity contribution is -0.135. The normalized spacial score (nSPS) is 14.1. The molecule has 112 valence electrons. The summed E-state index contributed by atoms with van der Waals surface area (Å²) in [5.41, 5.74) is 0. The first-order valence-electron chi connectivity index (χ1n) is 6.51. The molecule has 20 heavy (non-hydrogen) atoms. The molecular weight excluding hydrogens is 299 g/mol. The van der Waals surface area contributed by atoms with E-state index in [0.29, 0.717) is 11.6 Å². The number of hydrogen-bond donors (Lipinski definition) is 1. The second kappa shape index (κ2) is 8.35. The molecule has 2 rings (SSSR count). The molecule has 0 bridgehead atoms.